The van der Waals surface area contributed by atoms with E-state index in [1.165, 1.54) is 19.4 Å². The van der Waals surface area contributed by atoms with Crippen LogP contribution >= 0.6 is 11.6 Å². The fraction of sp³-hybridized carbons (Fsp3) is 0.343. The van der Waals surface area contributed by atoms with Gasteiger partial charge in [-0.25, -0.2) is 4.79 Å². The Hall–Kier alpha value is -4.18. The van der Waals surface area contributed by atoms with Crippen LogP contribution in [0, 0.1) is 0 Å². The summed E-state index contributed by atoms with van der Waals surface area (Å²) in [5, 5.41) is 34.6. The molecule has 10 heteroatoms. The van der Waals surface area contributed by atoms with E-state index in [1.54, 1.807) is 0 Å². The van der Waals surface area contributed by atoms with Crippen LogP contribution in [0.1, 0.15) is 62.6 Å². The molecule has 242 valence electrons. The molecule has 0 fully saturated rings. The number of carbonyl (C=O) groups is 3. The van der Waals surface area contributed by atoms with Gasteiger partial charge in [-0.3, -0.25) is 9.59 Å². The van der Waals surface area contributed by atoms with Gasteiger partial charge in [-0.15, -0.1) is 0 Å². The summed E-state index contributed by atoms with van der Waals surface area (Å²) < 4.78 is 5.99. The monoisotopic (exact) mass is 639 g/mol. The molecule has 0 aliphatic carbocycles. The molecule has 0 aliphatic heterocycles. The smallest absolute Gasteiger partial charge is 0.336 e. The standard InChI is InChI=1S/C29H34ClNO.C6H8O7/c1-3-31(4-2)22-12-7-13-23-32-27-20-18-25(19-21-27)28(24-14-8-5-9-15-24)29(30)26-16-10-6-11-17-26;7-3(8)1-6(13,5(11)12)2-4(9)10/h5-6,8-11,14-21H,3-4,7,12-13,22-23H2,1-2H3;13H,1-2H2,(H,7,8)(H,9,10)(H,11,12). The summed E-state index contributed by atoms with van der Waals surface area (Å²) in [4.78, 5) is 33.0. The molecule has 45 heavy (non-hydrogen) atoms. The van der Waals surface area contributed by atoms with E-state index < -0.39 is 36.4 Å². The summed E-state index contributed by atoms with van der Waals surface area (Å²) in [5.74, 6) is -4.12. The Kier molecular flexibility index (Phi) is 15.8. The molecule has 0 aromatic heterocycles. The number of carboxylic acids is 3. The number of aliphatic hydroxyl groups is 1. The van der Waals surface area contributed by atoms with Crippen molar-refractivity contribution in [2.75, 3.05) is 26.2 Å². The van der Waals surface area contributed by atoms with Crippen molar-refractivity contribution in [3.63, 3.8) is 0 Å². The van der Waals surface area contributed by atoms with E-state index in [4.69, 9.17) is 36.8 Å². The van der Waals surface area contributed by atoms with Crippen molar-refractivity contribution in [2.45, 2.75) is 51.6 Å². The molecule has 0 bridgehead atoms. The van der Waals surface area contributed by atoms with Crippen molar-refractivity contribution in [1.29, 1.82) is 0 Å². The number of hydrogen-bond donors (Lipinski definition) is 4. The molecule has 0 saturated heterocycles. The molecule has 3 aromatic carbocycles. The van der Waals surface area contributed by atoms with E-state index in [0.29, 0.717) is 0 Å². The number of aliphatic carboxylic acids is 3. The third-order valence-electron chi connectivity index (χ3n) is 7.02. The molecular weight excluding hydrogens is 598 g/mol. The topological polar surface area (TPSA) is 145 Å². The number of benzene rings is 3. The zero-order valence-corrected chi connectivity index (χ0v) is 26.4. The first-order valence-corrected chi connectivity index (χ1v) is 15.2. The molecule has 9 nitrogen and oxygen atoms in total. The highest BCUT2D eigenvalue weighted by Gasteiger charge is 2.40. The first-order valence-electron chi connectivity index (χ1n) is 14.9. The molecule has 0 atom stereocenters. The molecule has 4 N–H and O–H groups in total. The van der Waals surface area contributed by atoms with Gasteiger partial charge in [-0.05, 0) is 67.7 Å². The largest absolute Gasteiger partial charge is 0.494 e. The minimum absolute atomic E-state index is 0.749. The van der Waals surface area contributed by atoms with Crippen molar-refractivity contribution >= 4 is 40.1 Å². The Morgan fingerprint density at radius 1 is 0.711 bits per heavy atom. The molecule has 0 heterocycles. The highest BCUT2D eigenvalue weighted by molar-refractivity contribution is 6.53. The summed E-state index contributed by atoms with van der Waals surface area (Å²) in [5.41, 5.74) is 1.48. The second-order valence-corrected chi connectivity index (χ2v) is 10.7. The van der Waals surface area contributed by atoms with Crippen LogP contribution in [0.2, 0.25) is 0 Å². The molecule has 0 aliphatic rings. The van der Waals surface area contributed by atoms with E-state index in [1.807, 2.05) is 60.7 Å². The van der Waals surface area contributed by atoms with E-state index >= 15 is 0 Å². The molecule has 0 unspecified atom stereocenters. The Morgan fingerprint density at radius 2 is 1.20 bits per heavy atom. The van der Waals surface area contributed by atoms with Gasteiger partial charge < -0.3 is 30.1 Å². The number of rotatable bonds is 17. The number of unbranched alkanes of at least 4 members (excludes halogenated alkanes) is 2. The Balaban J connectivity index is 0.000000459. The lowest BCUT2D eigenvalue weighted by atomic mass is 9.95. The van der Waals surface area contributed by atoms with Gasteiger partial charge in [0, 0.05) is 5.57 Å². The molecule has 0 spiro atoms. The zero-order valence-electron chi connectivity index (χ0n) is 25.7. The average Bonchev–Trinajstić information content (AvgIpc) is 3.02. The van der Waals surface area contributed by atoms with Gasteiger partial charge in [0.15, 0.2) is 5.60 Å². The van der Waals surface area contributed by atoms with Crippen molar-refractivity contribution in [3.05, 3.63) is 102 Å². The number of carboxylic acid groups (broad SMARTS) is 3. The summed E-state index contributed by atoms with van der Waals surface area (Å²) in [6, 6.07) is 28.7. The van der Waals surface area contributed by atoms with Gasteiger partial charge in [0.1, 0.15) is 5.75 Å². The van der Waals surface area contributed by atoms with Crippen molar-refractivity contribution < 1.29 is 39.5 Å². The van der Waals surface area contributed by atoms with E-state index in [-0.39, 0.29) is 0 Å². The summed E-state index contributed by atoms with van der Waals surface area (Å²) in [7, 11) is 0. The van der Waals surface area contributed by atoms with Crippen LogP contribution in [0.3, 0.4) is 0 Å². The first-order chi connectivity index (χ1) is 21.5. The molecule has 0 radical (unpaired) electrons. The van der Waals surface area contributed by atoms with Crippen LogP contribution in [0.5, 0.6) is 5.75 Å². The Labute approximate surface area is 269 Å². The van der Waals surface area contributed by atoms with Crippen LogP contribution < -0.4 is 4.74 Å². The SMILES string of the molecule is CCN(CC)CCCCCOc1ccc(C(=C(Cl)c2ccccc2)c2ccccc2)cc1.O=C(O)CC(O)(CC(=O)O)C(=O)O. The van der Waals surface area contributed by atoms with Crippen molar-refractivity contribution in [1.82, 2.24) is 4.90 Å². The third-order valence-corrected chi connectivity index (χ3v) is 7.43. The maximum absolute atomic E-state index is 10.3. The molecule has 0 saturated carbocycles. The van der Waals surface area contributed by atoms with Gasteiger partial charge in [-0.2, -0.15) is 0 Å². The lowest BCUT2D eigenvalue weighted by Gasteiger charge is -2.18. The lowest BCUT2D eigenvalue weighted by molar-refractivity contribution is -0.170. The van der Waals surface area contributed by atoms with E-state index in [0.717, 1.165) is 59.2 Å². The van der Waals surface area contributed by atoms with Gasteiger partial charge in [-0.1, -0.05) is 98.2 Å². The van der Waals surface area contributed by atoms with Crippen LogP contribution in [0.4, 0.5) is 0 Å². The fourth-order valence-electron chi connectivity index (χ4n) is 4.53. The van der Waals surface area contributed by atoms with Crippen molar-refractivity contribution in [2.24, 2.45) is 0 Å². The summed E-state index contributed by atoms with van der Waals surface area (Å²) in [6.45, 7) is 8.64. The minimum Gasteiger partial charge on any atom is -0.494 e. The van der Waals surface area contributed by atoms with Gasteiger partial charge in [0.05, 0.1) is 24.5 Å². The highest BCUT2D eigenvalue weighted by atomic mass is 35.5. The number of halogens is 1. The highest BCUT2D eigenvalue weighted by Crippen LogP contribution is 2.35. The normalized spacial score (nSPS) is 11.7. The number of ether oxygens (including phenoxy) is 1. The molecule has 3 aromatic rings. The number of nitrogens with zero attached hydrogens (tertiary/aromatic N) is 1. The molecular formula is C35H42ClNO8. The van der Waals surface area contributed by atoms with Crippen LogP contribution in [-0.4, -0.2) is 75.1 Å². The first kappa shape index (κ1) is 37.0. The fourth-order valence-corrected chi connectivity index (χ4v) is 4.87. The zero-order chi connectivity index (χ0) is 33.2. The minimum atomic E-state index is -2.74. The van der Waals surface area contributed by atoms with E-state index in [9.17, 15) is 14.4 Å². The predicted molar refractivity (Wildman–Crippen MR) is 175 cm³/mol. The second-order valence-electron chi connectivity index (χ2n) is 10.4. The lowest BCUT2D eigenvalue weighted by Crippen LogP contribution is -2.42. The molecule has 0 amide bonds. The van der Waals surface area contributed by atoms with E-state index in [2.05, 4.69) is 43.0 Å². The number of hydrogen-bond acceptors (Lipinski definition) is 6. The maximum atomic E-state index is 10.3. The quantitative estimate of drug-likeness (QED) is 0.0962. The van der Waals surface area contributed by atoms with Gasteiger partial charge >= 0.3 is 17.9 Å². The van der Waals surface area contributed by atoms with Crippen molar-refractivity contribution in [3.8, 4) is 5.75 Å². The second kappa shape index (κ2) is 19.3. The third kappa shape index (κ3) is 12.8. The van der Waals surface area contributed by atoms with Gasteiger partial charge in [0.2, 0.25) is 0 Å². The Bertz CT molecular complexity index is 1360. The van der Waals surface area contributed by atoms with Gasteiger partial charge in [0.25, 0.3) is 0 Å². The predicted octanol–water partition coefficient (Wildman–Crippen LogP) is 6.48. The molecule has 3 rings (SSSR count). The summed E-state index contributed by atoms with van der Waals surface area (Å²) >= 11 is 6.90. The average molecular weight is 640 g/mol. The Morgan fingerprint density at radius 3 is 1.67 bits per heavy atom. The maximum Gasteiger partial charge on any atom is 0.336 e. The van der Waals surface area contributed by atoms with Crippen LogP contribution in [0.25, 0.3) is 10.6 Å². The van der Waals surface area contributed by atoms with Crippen LogP contribution in [0.15, 0.2) is 84.9 Å². The summed E-state index contributed by atoms with van der Waals surface area (Å²) in [6.07, 6.45) is 1.22. The van der Waals surface area contributed by atoms with Crippen LogP contribution in [-0.2, 0) is 14.4 Å².